The SMILES string of the molecule is O=C(CCC1CCC1)N1C(=O)OCC1Cc1ccccc1. The van der Waals surface area contributed by atoms with Gasteiger partial charge in [-0.1, -0.05) is 49.6 Å². The zero-order valence-electron chi connectivity index (χ0n) is 12.2. The molecule has 2 aliphatic rings. The smallest absolute Gasteiger partial charge is 0.416 e. The Kier molecular flexibility index (Phi) is 4.23. The summed E-state index contributed by atoms with van der Waals surface area (Å²) in [7, 11) is 0. The van der Waals surface area contributed by atoms with Crippen LogP contribution in [0, 0.1) is 5.92 Å². The molecular formula is C17H21NO3. The average Bonchev–Trinajstić information content (AvgIpc) is 2.79. The fraction of sp³-hybridized carbons (Fsp3) is 0.529. The van der Waals surface area contributed by atoms with Crippen LogP contribution in [0.1, 0.15) is 37.7 Å². The number of imide groups is 1. The van der Waals surface area contributed by atoms with Gasteiger partial charge in [0, 0.05) is 6.42 Å². The number of carbonyl (C=O) groups excluding carboxylic acids is 2. The molecule has 0 radical (unpaired) electrons. The molecule has 0 bridgehead atoms. The first-order valence-electron chi connectivity index (χ1n) is 7.77. The fourth-order valence-corrected chi connectivity index (χ4v) is 3.03. The van der Waals surface area contributed by atoms with Gasteiger partial charge in [0.25, 0.3) is 0 Å². The van der Waals surface area contributed by atoms with E-state index in [-0.39, 0.29) is 11.9 Å². The van der Waals surface area contributed by atoms with Gasteiger partial charge in [0.2, 0.25) is 5.91 Å². The highest BCUT2D eigenvalue weighted by Gasteiger charge is 2.37. The molecule has 2 amide bonds. The van der Waals surface area contributed by atoms with Crippen molar-refractivity contribution in [3.8, 4) is 0 Å². The fourth-order valence-electron chi connectivity index (χ4n) is 3.03. The Morgan fingerprint density at radius 2 is 2.00 bits per heavy atom. The molecule has 1 heterocycles. The van der Waals surface area contributed by atoms with Crippen LogP contribution >= 0.6 is 0 Å². The number of hydrogen-bond acceptors (Lipinski definition) is 3. The molecule has 1 aromatic carbocycles. The minimum Gasteiger partial charge on any atom is -0.447 e. The van der Waals surface area contributed by atoms with Crippen LogP contribution in [0.3, 0.4) is 0 Å². The lowest BCUT2D eigenvalue weighted by Crippen LogP contribution is -2.40. The number of ether oxygens (including phenoxy) is 1. The molecule has 4 nitrogen and oxygen atoms in total. The van der Waals surface area contributed by atoms with E-state index >= 15 is 0 Å². The standard InChI is InChI=1S/C17H21NO3/c19-16(10-9-13-7-4-8-13)18-15(12-21-17(18)20)11-14-5-2-1-3-6-14/h1-3,5-6,13,15H,4,7-12H2. The third-order valence-electron chi connectivity index (χ3n) is 4.54. The molecule has 0 N–H and O–H groups in total. The predicted molar refractivity (Wildman–Crippen MR) is 78.7 cm³/mol. The second-order valence-electron chi connectivity index (χ2n) is 6.02. The number of amides is 2. The third-order valence-corrected chi connectivity index (χ3v) is 4.54. The molecule has 112 valence electrons. The topological polar surface area (TPSA) is 46.6 Å². The van der Waals surface area contributed by atoms with E-state index in [1.807, 2.05) is 30.3 Å². The second kappa shape index (κ2) is 6.29. The zero-order chi connectivity index (χ0) is 14.7. The maximum absolute atomic E-state index is 12.3. The lowest BCUT2D eigenvalue weighted by molar-refractivity contribution is -0.129. The Balaban J connectivity index is 1.60. The highest BCUT2D eigenvalue weighted by atomic mass is 16.6. The summed E-state index contributed by atoms with van der Waals surface area (Å²) in [5.41, 5.74) is 1.12. The number of rotatable bonds is 5. The summed E-state index contributed by atoms with van der Waals surface area (Å²) in [6.07, 6.45) is 5.29. The third kappa shape index (κ3) is 3.26. The monoisotopic (exact) mass is 287 g/mol. The number of nitrogens with zero attached hydrogens (tertiary/aromatic N) is 1. The first-order chi connectivity index (χ1) is 10.2. The van der Waals surface area contributed by atoms with Crippen molar-refractivity contribution in [3.63, 3.8) is 0 Å². The van der Waals surface area contributed by atoms with Crippen molar-refractivity contribution in [2.45, 2.75) is 44.6 Å². The van der Waals surface area contributed by atoms with Crippen LogP contribution in [0.15, 0.2) is 30.3 Å². The summed E-state index contributed by atoms with van der Waals surface area (Å²) in [5.74, 6) is 0.602. The van der Waals surface area contributed by atoms with Gasteiger partial charge in [-0.3, -0.25) is 4.79 Å². The Hall–Kier alpha value is -1.84. The van der Waals surface area contributed by atoms with Crippen molar-refractivity contribution < 1.29 is 14.3 Å². The average molecular weight is 287 g/mol. The first kappa shape index (κ1) is 14.1. The van der Waals surface area contributed by atoms with Gasteiger partial charge in [-0.2, -0.15) is 0 Å². The van der Waals surface area contributed by atoms with Crippen molar-refractivity contribution >= 4 is 12.0 Å². The molecule has 0 spiro atoms. The van der Waals surface area contributed by atoms with E-state index in [2.05, 4.69) is 0 Å². The Morgan fingerprint density at radius 3 is 2.67 bits per heavy atom. The minimum absolute atomic E-state index is 0.0784. The molecule has 1 atom stereocenters. The van der Waals surface area contributed by atoms with Crippen LogP contribution in [0.2, 0.25) is 0 Å². The quantitative estimate of drug-likeness (QED) is 0.835. The second-order valence-corrected chi connectivity index (χ2v) is 6.02. The lowest BCUT2D eigenvalue weighted by Gasteiger charge is -2.26. The van der Waals surface area contributed by atoms with Gasteiger partial charge in [-0.25, -0.2) is 9.69 Å². The Labute approximate surface area is 125 Å². The van der Waals surface area contributed by atoms with Crippen LogP contribution in [0.25, 0.3) is 0 Å². The van der Waals surface area contributed by atoms with E-state index in [1.54, 1.807) is 0 Å². The van der Waals surface area contributed by atoms with Gasteiger partial charge in [-0.05, 0) is 24.3 Å². The molecule has 3 rings (SSSR count). The minimum atomic E-state index is -0.477. The Bertz CT molecular complexity index is 510. The summed E-state index contributed by atoms with van der Waals surface area (Å²) in [4.78, 5) is 25.5. The zero-order valence-corrected chi connectivity index (χ0v) is 12.2. The molecule has 1 saturated carbocycles. The molecular weight excluding hydrogens is 266 g/mol. The summed E-state index contributed by atoms with van der Waals surface area (Å²) in [6, 6.07) is 9.76. The maximum Gasteiger partial charge on any atom is 0.416 e. The van der Waals surface area contributed by atoms with Crippen LogP contribution in [-0.2, 0) is 16.0 Å². The molecule has 2 fully saturated rings. The number of carbonyl (C=O) groups is 2. The predicted octanol–water partition coefficient (Wildman–Crippen LogP) is 3.16. The van der Waals surface area contributed by atoms with Crippen molar-refractivity contribution in [1.29, 1.82) is 0 Å². The molecule has 1 aliphatic heterocycles. The highest BCUT2D eigenvalue weighted by molar-refractivity contribution is 5.93. The van der Waals surface area contributed by atoms with E-state index < -0.39 is 6.09 Å². The van der Waals surface area contributed by atoms with Crippen molar-refractivity contribution in [1.82, 2.24) is 4.90 Å². The van der Waals surface area contributed by atoms with E-state index in [1.165, 1.54) is 24.2 Å². The molecule has 1 saturated heterocycles. The van der Waals surface area contributed by atoms with E-state index in [0.29, 0.717) is 25.4 Å². The summed E-state index contributed by atoms with van der Waals surface area (Å²) < 4.78 is 5.08. The highest BCUT2D eigenvalue weighted by Crippen LogP contribution is 2.31. The number of benzene rings is 1. The van der Waals surface area contributed by atoms with Gasteiger partial charge in [-0.15, -0.1) is 0 Å². The largest absolute Gasteiger partial charge is 0.447 e. The van der Waals surface area contributed by atoms with Crippen molar-refractivity contribution in [3.05, 3.63) is 35.9 Å². The van der Waals surface area contributed by atoms with E-state index in [0.717, 1.165) is 12.0 Å². The molecule has 21 heavy (non-hydrogen) atoms. The van der Waals surface area contributed by atoms with Crippen LogP contribution < -0.4 is 0 Å². The van der Waals surface area contributed by atoms with Gasteiger partial charge >= 0.3 is 6.09 Å². The molecule has 0 aromatic heterocycles. The molecule has 4 heteroatoms. The summed E-state index contributed by atoms with van der Waals surface area (Å²) in [6.45, 7) is 0.308. The van der Waals surface area contributed by atoms with Gasteiger partial charge < -0.3 is 4.74 Å². The van der Waals surface area contributed by atoms with Crippen molar-refractivity contribution in [2.75, 3.05) is 6.61 Å². The van der Waals surface area contributed by atoms with Gasteiger partial charge in [0.05, 0.1) is 6.04 Å². The molecule has 1 unspecified atom stereocenters. The summed E-state index contributed by atoms with van der Waals surface area (Å²) in [5, 5.41) is 0. The van der Waals surface area contributed by atoms with E-state index in [9.17, 15) is 9.59 Å². The first-order valence-corrected chi connectivity index (χ1v) is 7.77. The summed E-state index contributed by atoms with van der Waals surface area (Å²) >= 11 is 0. The van der Waals surface area contributed by atoms with Gasteiger partial charge in [0.15, 0.2) is 0 Å². The van der Waals surface area contributed by atoms with Crippen LogP contribution in [0.4, 0.5) is 4.79 Å². The molecule has 1 aromatic rings. The normalized spacial score (nSPS) is 22.0. The van der Waals surface area contributed by atoms with Crippen molar-refractivity contribution in [2.24, 2.45) is 5.92 Å². The van der Waals surface area contributed by atoms with Gasteiger partial charge in [0.1, 0.15) is 6.61 Å². The Morgan fingerprint density at radius 1 is 1.24 bits per heavy atom. The van der Waals surface area contributed by atoms with E-state index in [4.69, 9.17) is 4.74 Å². The molecule has 1 aliphatic carbocycles. The number of hydrogen-bond donors (Lipinski definition) is 0. The van der Waals surface area contributed by atoms with Crippen LogP contribution in [-0.4, -0.2) is 29.5 Å². The maximum atomic E-state index is 12.3. The lowest BCUT2D eigenvalue weighted by atomic mass is 9.82. The number of cyclic esters (lactones) is 1. The van der Waals surface area contributed by atoms with Crippen LogP contribution in [0.5, 0.6) is 0 Å².